The van der Waals surface area contributed by atoms with Crippen LogP contribution in [0.1, 0.15) is 33.9 Å². The average molecular weight is 458 g/mol. The average Bonchev–Trinajstić information content (AvgIpc) is 3.45. The van der Waals surface area contributed by atoms with Crippen LogP contribution in [0.15, 0.2) is 89.5 Å². The maximum absolute atomic E-state index is 11.7. The molecular formula is C25H19N3O4S. The van der Waals surface area contributed by atoms with Crippen molar-refractivity contribution in [2.75, 3.05) is 4.90 Å². The summed E-state index contributed by atoms with van der Waals surface area (Å²) in [6.07, 6.45) is 1.72. The van der Waals surface area contributed by atoms with Crippen LogP contribution < -0.4 is 10.2 Å². The SMILES string of the molecule is O=C(O)c1ccccc1-c1ccc([C@@H]2[C@@H](c3ccccn3)NC(=S)N2c2ccc(O)cc2)o1. The van der Waals surface area contributed by atoms with Gasteiger partial charge in [-0.15, -0.1) is 0 Å². The molecule has 4 aromatic rings. The summed E-state index contributed by atoms with van der Waals surface area (Å²) < 4.78 is 6.24. The van der Waals surface area contributed by atoms with Gasteiger partial charge in [0.15, 0.2) is 5.11 Å². The number of nitrogens with zero attached hydrogens (tertiary/aromatic N) is 2. The summed E-state index contributed by atoms with van der Waals surface area (Å²) in [4.78, 5) is 18.1. The third kappa shape index (κ3) is 3.81. The number of phenolic OH excluding ortho intramolecular Hbond substituents is 1. The molecule has 33 heavy (non-hydrogen) atoms. The van der Waals surface area contributed by atoms with Gasteiger partial charge < -0.3 is 24.8 Å². The molecule has 1 fully saturated rings. The molecule has 2 aromatic heterocycles. The molecule has 164 valence electrons. The van der Waals surface area contributed by atoms with Crippen molar-refractivity contribution >= 4 is 29.0 Å². The Bertz CT molecular complexity index is 1320. The summed E-state index contributed by atoms with van der Waals surface area (Å²) in [6.45, 7) is 0. The zero-order valence-corrected chi connectivity index (χ0v) is 18.1. The second-order valence-corrected chi connectivity index (χ2v) is 7.95. The molecule has 0 bridgehead atoms. The number of aromatic nitrogens is 1. The molecule has 0 aliphatic carbocycles. The topological polar surface area (TPSA) is 98.8 Å². The third-order valence-corrected chi connectivity index (χ3v) is 5.88. The van der Waals surface area contributed by atoms with Crippen molar-refractivity contribution in [3.8, 4) is 17.1 Å². The highest BCUT2D eigenvalue weighted by Crippen LogP contribution is 2.43. The third-order valence-electron chi connectivity index (χ3n) is 5.57. The van der Waals surface area contributed by atoms with Gasteiger partial charge in [-0.3, -0.25) is 4.98 Å². The van der Waals surface area contributed by atoms with E-state index in [0.717, 1.165) is 11.4 Å². The van der Waals surface area contributed by atoms with Crippen molar-refractivity contribution in [1.29, 1.82) is 0 Å². The first kappa shape index (κ1) is 20.7. The highest BCUT2D eigenvalue weighted by molar-refractivity contribution is 7.80. The summed E-state index contributed by atoms with van der Waals surface area (Å²) in [5, 5.41) is 23.1. The highest BCUT2D eigenvalue weighted by atomic mass is 32.1. The molecule has 3 N–H and O–H groups in total. The van der Waals surface area contributed by atoms with Crippen LogP contribution in [0.2, 0.25) is 0 Å². The van der Waals surface area contributed by atoms with Crippen molar-refractivity contribution in [2.24, 2.45) is 0 Å². The van der Waals surface area contributed by atoms with E-state index in [1.807, 2.05) is 29.2 Å². The monoisotopic (exact) mass is 457 g/mol. The number of hydrogen-bond acceptors (Lipinski definition) is 5. The molecule has 0 unspecified atom stereocenters. The van der Waals surface area contributed by atoms with Gasteiger partial charge in [0.25, 0.3) is 0 Å². The van der Waals surface area contributed by atoms with Crippen LogP contribution in [0.25, 0.3) is 11.3 Å². The van der Waals surface area contributed by atoms with E-state index >= 15 is 0 Å². The van der Waals surface area contributed by atoms with Gasteiger partial charge in [0.05, 0.1) is 17.3 Å². The lowest BCUT2D eigenvalue weighted by molar-refractivity contribution is 0.0697. The number of hydrogen-bond donors (Lipinski definition) is 3. The summed E-state index contributed by atoms with van der Waals surface area (Å²) in [7, 11) is 0. The lowest BCUT2D eigenvalue weighted by atomic mass is 10.0. The van der Waals surface area contributed by atoms with E-state index in [4.69, 9.17) is 16.6 Å². The van der Waals surface area contributed by atoms with Crippen molar-refractivity contribution in [1.82, 2.24) is 10.3 Å². The normalized spacial score (nSPS) is 17.7. The second kappa shape index (κ2) is 8.40. The number of thiocarbonyl (C=S) groups is 1. The molecule has 0 saturated carbocycles. The van der Waals surface area contributed by atoms with E-state index < -0.39 is 5.97 Å². The Morgan fingerprint density at radius 2 is 1.76 bits per heavy atom. The standard InChI is InChI=1S/C25H19N3O4S/c29-16-10-8-15(9-11-16)28-23(22(27-25(28)33)19-7-3-4-14-26-19)21-13-12-20(32-21)17-5-1-2-6-18(17)24(30)31/h1-14,22-23,29H,(H,27,33)(H,30,31)/t22-,23-/m1/s1. The number of carboxylic acid groups (broad SMARTS) is 1. The minimum Gasteiger partial charge on any atom is -0.508 e. The van der Waals surface area contributed by atoms with E-state index in [2.05, 4.69) is 10.3 Å². The molecule has 0 spiro atoms. The number of pyridine rings is 1. The number of benzene rings is 2. The first-order valence-electron chi connectivity index (χ1n) is 10.2. The Labute approximate surface area is 194 Å². The van der Waals surface area contributed by atoms with Crippen LogP contribution in [0, 0.1) is 0 Å². The molecule has 0 radical (unpaired) electrons. The van der Waals surface area contributed by atoms with Crippen molar-refractivity contribution in [3.63, 3.8) is 0 Å². The number of anilines is 1. The molecule has 0 amide bonds. The molecular weight excluding hydrogens is 438 g/mol. The van der Waals surface area contributed by atoms with Gasteiger partial charge in [0.2, 0.25) is 0 Å². The highest BCUT2D eigenvalue weighted by Gasteiger charge is 2.42. The van der Waals surface area contributed by atoms with Crippen molar-refractivity contribution in [3.05, 3.63) is 102 Å². The van der Waals surface area contributed by atoms with Gasteiger partial charge in [-0.25, -0.2) is 4.79 Å². The van der Waals surface area contributed by atoms with Crippen LogP contribution in [0.3, 0.4) is 0 Å². The van der Waals surface area contributed by atoms with E-state index in [0.29, 0.717) is 22.2 Å². The van der Waals surface area contributed by atoms with Gasteiger partial charge in [0.1, 0.15) is 23.3 Å². The summed E-state index contributed by atoms with van der Waals surface area (Å²) >= 11 is 5.67. The van der Waals surface area contributed by atoms with E-state index in [1.165, 1.54) is 0 Å². The Hall–Kier alpha value is -4.17. The maximum atomic E-state index is 11.7. The fourth-order valence-electron chi connectivity index (χ4n) is 4.08. The number of furan rings is 1. The first-order valence-corrected chi connectivity index (χ1v) is 10.7. The largest absolute Gasteiger partial charge is 0.508 e. The van der Waals surface area contributed by atoms with Crippen LogP contribution in [-0.2, 0) is 0 Å². The summed E-state index contributed by atoms with van der Waals surface area (Å²) in [6, 6.07) is 22.0. The summed E-state index contributed by atoms with van der Waals surface area (Å²) in [5.74, 6) is 0.178. The van der Waals surface area contributed by atoms with Gasteiger partial charge in [-0.2, -0.15) is 0 Å². The summed E-state index contributed by atoms with van der Waals surface area (Å²) in [5.41, 5.74) is 2.22. The molecule has 1 aliphatic heterocycles. The number of rotatable bonds is 5. The zero-order valence-electron chi connectivity index (χ0n) is 17.3. The van der Waals surface area contributed by atoms with Gasteiger partial charge in [0, 0.05) is 17.4 Å². The van der Waals surface area contributed by atoms with Gasteiger partial charge in [-0.05, 0) is 66.8 Å². The lowest BCUT2D eigenvalue weighted by Gasteiger charge is -2.26. The Balaban J connectivity index is 1.61. The molecule has 5 rings (SSSR count). The quantitative estimate of drug-likeness (QED) is 0.363. The number of nitrogens with one attached hydrogen (secondary N) is 1. The molecule has 2 aromatic carbocycles. The van der Waals surface area contributed by atoms with Crippen LogP contribution >= 0.6 is 12.2 Å². The number of carboxylic acids is 1. The zero-order chi connectivity index (χ0) is 22.9. The number of aromatic carboxylic acids is 1. The molecule has 1 aliphatic rings. The van der Waals surface area contributed by atoms with Crippen LogP contribution in [0.4, 0.5) is 5.69 Å². The van der Waals surface area contributed by atoms with Crippen LogP contribution in [-0.4, -0.2) is 26.3 Å². The Kier molecular flexibility index (Phi) is 5.27. The number of aromatic hydroxyl groups is 1. The maximum Gasteiger partial charge on any atom is 0.336 e. The van der Waals surface area contributed by atoms with Crippen molar-refractivity contribution < 1.29 is 19.4 Å². The Morgan fingerprint density at radius 1 is 1.00 bits per heavy atom. The molecule has 1 saturated heterocycles. The Morgan fingerprint density at radius 3 is 2.48 bits per heavy atom. The van der Waals surface area contributed by atoms with E-state index in [9.17, 15) is 15.0 Å². The van der Waals surface area contributed by atoms with E-state index in [-0.39, 0.29) is 23.4 Å². The lowest BCUT2D eigenvalue weighted by Crippen LogP contribution is -2.29. The predicted molar refractivity (Wildman–Crippen MR) is 127 cm³/mol. The minimum atomic E-state index is -1.02. The smallest absolute Gasteiger partial charge is 0.336 e. The predicted octanol–water partition coefficient (Wildman–Crippen LogP) is 4.92. The molecule has 7 nitrogen and oxygen atoms in total. The van der Waals surface area contributed by atoms with Gasteiger partial charge in [-0.1, -0.05) is 24.3 Å². The van der Waals surface area contributed by atoms with Gasteiger partial charge >= 0.3 is 5.97 Å². The number of carbonyl (C=O) groups is 1. The molecule has 3 heterocycles. The van der Waals surface area contributed by atoms with Crippen molar-refractivity contribution in [2.45, 2.75) is 12.1 Å². The first-order chi connectivity index (χ1) is 16.0. The van der Waals surface area contributed by atoms with E-state index in [1.54, 1.807) is 60.8 Å². The fraction of sp³-hybridized carbons (Fsp3) is 0.0800. The fourth-order valence-corrected chi connectivity index (χ4v) is 4.42. The number of phenols is 1. The minimum absolute atomic E-state index is 0.153. The molecule has 8 heteroatoms. The molecule has 2 atom stereocenters. The second-order valence-electron chi connectivity index (χ2n) is 7.57. The van der Waals surface area contributed by atoms with Crippen LogP contribution in [0.5, 0.6) is 5.75 Å².